The van der Waals surface area contributed by atoms with Gasteiger partial charge in [0.05, 0.1) is 21.8 Å². The first-order valence-electron chi connectivity index (χ1n) is 12.1. The van der Waals surface area contributed by atoms with Gasteiger partial charge in [0, 0.05) is 12.5 Å². The van der Waals surface area contributed by atoms with E-state index in [2.05, 4.69) is 22.9 Å². The van der Waals surface area contributed by atoms with E-state index in [9.17, 15) is 14.4 Å². The van der Waals surface area contributed by atoms with Crippen molar-refractivity contribution in [3.8, 4) is 11.1 Å². The van der Waals surface area contributed by atoms with Gasteiger partial charge in [-0.25, -0.2) is 15.0 Å². The number of carbonyl (C=O) groups is 3. The summed E-state index contributed by atoms with van der Waals surface area (Å²) in [6.07, 6.45) is -1.89. The standard InChI is InChI=1S/C28H27ClN4O5/c1-28(2,15-30-26(35)36)32-16-33(23-13-7-12-22(29)24(23)25(32)34)31-27(37)38-14-21-19-10-5-3-8-17(19)18-9-4-6-11-20(18)21/h3-13,21,30H,14-16H2,1-2H3,(H,31,37)(H,35,36). The number of halogens is 1. The van der Waals surface area contributed by atoms with Crippen LogP contribution in [0.25, 0.3) is 11.1 Å². The summed E-state index contributed by atoms with van der Waals surface area (Å²) < 4.78 is 5.70. The maximum atomic E-state index is 13.4. The van der Waals surface area contributed by atoms with Crippen LogP contribution < -0.4 is 15.8 Å². The fraction of sp³-hybridized carbons (Fsp3) is 0.250. The molecular weight excluding hydrogens is 508 g/mol. The Bertz CT molecular complexity index is 1380. The molecule has 1 aliphatic carbocycles. The second-order valence-corrected chi connectivity index (χ2v) is 10.3. The van der Waals surface area contributed by atoms with Gasteiger partial charge in [-0.1, -0.05) is 66.2 Å². The van der Waals surface area contributed by atoms with Gasteiger partial charge < -0.3 is 20.1 Å². The number of hydrogen-bond acceptors (Lipinski definition) is 5. The molecule has 5 rings (SSSR count). The number of carboxylic acid groups (broad SMARTS) is 1. The zero-order valence-corrected chi connectivity index (χ0v) is 21.7. The molecule has 0 unspecified atom stereocenters. The number of amides is 3. The van der Waals surface area contributed by atoms with Crippen molar-refractivity contribution in [3.63, 3.8) is 0 Å². The minimum absolute atomic E-state index is 0.0212. The van der Waals surface area contributed by atoms with Crippen molar-refractivity contribution in [3.05, 3.63) is 88.4 Å². The number of rotatable bonds is 6. The van der Waals surface area contributed by atoms with Crippen molar-refractivity contribution < 1.29 is 24.2 Å². The number of hydrazine groups is 1. The van der Waals surface area contributed by atoms with Crippen molar-refractivity contribution in [2.45, 2.75) is 25.3 Å². The lowest BCUT2D eigenvalue weighted by atomic mass is 9.98. The lowest BCUT2D eigenvalue weighted by Crippen LogP contribution is -2.62. The van der Waals surface area contributed by atoms with Crippen LogP contribution in [-0.2, 0) is 4.74 Å². The highest BCUT2D eigenvalue weighted by atomic mass is 35.5. The van der Waals surface area contributed by atoms with Crippen LogP contribution in [0, 0.1) is 0 Å². The van der Waals surface area contributed by atoms with E-state index in [-0.39, 0.29) is 42.2 Å². The van der Waals surface area contributed by atoms with Crippen LogP contribution in [0.15, 0.2) is 66.7 Å². The third kappa shape index (κ3) is 4.61. The highest BCUT2D eigenvalue weighted by Gasteiger charge is 2.40. The van der Waals surface area contributed by atoms with Crippen molar-refractivity contribution in [2.75, 3.05) is 24.8 Å². The van der Waals surface area contributed by atoms with Gasteiger partial charge in [0.1, 0.15) is 13.3 Å². The third-order valence-corrected chi connectivity index (χ3v) is 7.31. The van der Waals surface area contributed by atoms with Gasteiger partial charge in [-0.3, -0.25) is 9.80 Å². The van der Waals surface area contributed by atoms with Gasteiger partial charge in [-0.2, -0.15) is 0 Å². The summed E-state index contributed by atoms with van der Waals surface area (Å²) in [5.74, 6) is -0.469. The average Bonchev–Trinajstić information content (AvgIpc) is 3.21. The Balaban J connectivity index is 1.35. The Morgan fingerprint density at radius 3 is 2.29 bits per heavy atom. The summed E-state index contributed by atoms with van der Waals surface area (Å²) in [4.78, 5) is 39.0. The molecule has 1 aliphatic heterocycles. The minimum Gasteiger partial charge on any atom is -0.465 e. The molecular formula is C28H27ClN4O5. The summed E-state index contributed by atoms with van der Waals surface area (Å²) in [5.41, 5.74) is 6.91. The molecule has 2 aliphatic rings. The number of benzene rings is 3. The Kier molecular flexibility index (Phi) is 6.62. The summed E-state index contributed by atoms with van der Waals surface area (Å²) in [6.45, 7) is 3.53. The first-order valence-corrected chi connectivity index (χ1v) is 12.5. The average molecular weight is 535 g/mol. The number of anilines is 1. The lowest BCUT2D eigenvalue weighted by molar-refractivity contribution is 0.0508. The minimum atomic E-state index is -1.20. The molecule has 1 heterocycles. The monoisotopic (exact) mass is 534 g/mol. The zero-order chi connectivity index (χ0) is 27.0. The maximum absolute atomic E-state index is 13.4. The van der Waals surface area contributed by atoms with E-state index in [0.717, 1.165) is 22.3 Å². The predicted octanol–water partition coefficient (Wildman–Crippen LogP) is 5.06. The second kappa shape index (κ2) is 9.90. The molecule has 0 saturated heterocycles. The number of hydrogen-bond donors (Lipinski definition) is 3. The largest absolute Gasteiger partial charge is 0.465 e. The highest BCUT2D eigenvalue weighted by Crippen LogP contribution is 2.44. The van der Waals surface area contributed by atoms with Gasteiger partial charge in [0.15, 0.2) is 0 Å². The van der Waals surface area contributed by atoms with Crippen molar-refractivity contribution in [2.24, 2.45) is 0 Å². The summed E-state index contributed by atoms with van der Waals surface area (Å²) in [7, 11) is 0. The van der Waals surface area contributed by atoms with Crippen LogP contribution >= 0.6 is 11.6 Å². The molecule has 3 aromatic rings. The molecule has 0 bridgehead atoms. The Morgan fingerprint density at radius 1 is 1.03 bits per heavy atom. The second-order valence-electron chi connectivity index (χ2n) is 9.85. The van der Waals surface area contributed by atoms with Gasteiger partial charge in [-0.05, 0) is 48.2 Å². The molecule has 0 aromatic heterocycles. The van der Waals surface area contributed by atoms with E-state index in [0.29, 0.717) is 5.69 Å². The van der Waals surface area contributed by atoms with Crippen LogP contribution in [0.4, 0.5) is 15.3 Å². The van der Waals surface area contributed by atoms with Crippen LogP contribution in [0.5, 0.6) is 0 Å². The smallest absolute Gasteiger partial charge is 0.426 e. The summed E-state index contributed by atoms with van der Waals surface area (Å²) in [5, 5.41) is 13.1. The maximum Gasteiger partial charge on any atom is 0.426 e. The summed E-state index contributed by atoms with van der Waals surface area (Å²) >= 11 is 6.40. The third-order valence-electron chi connectivity index (χ3n) is 7.00. The Labute approximate surface area is 224 Å². The Morgan fingerprint density at radius 2 is 1.66 bits per heavy atom. The highest BCUT2D eigenvalue weighted by molar-refractivity contribution is 6.34. The molecule has 0 spiro atoms. The zero-order valence-electron chi connectivity index (χ0n) is 20.9. The van der Waals surface area contributed by atoms with Crippen molar-refractivity contribution in [1.29, 1.82) is 0 Å². The fourth-order valence-electron chi connectivity index (χ4n) is 5.06. The number of carbonyl (C=O) groups excluding carboxylic acids is 2. The topological polar surface area (TPSA) is 111 Å². The van der Waals surface area contributed by atoms with E-state index >= 15 is 0 Å². The number of nitrogens with one attached hydrogen (secondary N) is 2. The SMILES string of the molecule is CC(C)(CNC(=O)O)N1CN(NC(=O)OCC2c3ccccc3-c3ccccc32)c2cccc(Cl)c2C1=O. The first-order chi connectivity index (χ1) is 18.2. The molecule has 10 heteroatoms. The van der Waals surface area contributed by atoms with E-state index in [1.165, 1.54) is 9.91 Å². The number of nitrogens with zero attached hydrogens (tertiary/aromatic N) is 2. The van der Waals surface area contributed by atoms with Gasteiger partial charge in [-0.15, -0.1) is 0 Å². The molecule has 9 nitrogen and oxygen atoms in total. The molecule has 0 fully saturated rings. The van der Waals surface area contributed by atoms with Crippen molar-refractivity contribution in [1.82, 2.24) is 15.6 Å². The first kappa shape index (κ1) is 25.4. The molecule has 0 saturated carbocycles. The Hall–Kier alpha value is -4.24. The molecule has 196 valence electrons. The number of fused-ring (bicyclic) bond motifs is 4. The lowest BCUT2D eigenvalue weighted by Gasteiger charge is -2.45. The van der Waals surface area contributed by atoms with Gasteiger partial charge in [0.25, 0.3) is 5.91 Å². The van der Waals surface area contributed by atoms with E-state index in [1.807, 2.05) is 36.4 Å². The molecule has 0 radical (unpaired) electrons. The van der Waals surface area contributed by atoms with Crippen molar-refractivity contribution >= 4 is 35.4 Å². The predicted molar refractivity (Wildman–Crippen MR) is 143 cm³/mol. The quantitative estimate of drug-likeness (QED) is 0.407. The van der Waals surface area contributed by atoms with Gasteiger partial charge >= 0.3 is 12.2 Å². The van der Waals surface area contributed by atoms with Crippen LogP contribution in [0.2, 0.25) is 5.02 Å². The summed E-state index contributed by atoms with van der Waals surface area (Å²) in [6, 6.07) is 21.1. The molecule has 3 aromatic carbocycles. The van der Waals surface area contributed by atoms with Gasteiger partial charge in [0.2, 0.25) is 0 Å². The normalized spacial score (nSPS) is 14.4. The fourth-order valence-corrected chi connectivity index (χ4v) is 5.31. The van der Waals surface area contributed by atoms with Crippen LogP contribution in [0.3, 0.4) is 0 Å². The molecule has 38 heavy (non-hydrogen) atoms. The van der Waals surface area contributed by atoms with E-state index in [1.54, 1.807) is 32.0 Å². The molecule has 0 atom stereocenters. The number of ether oxygens (including phenoxy) is 1. The molecule has 3 N–H and O–H groups in total. The molecule has 3 amide bonds. The van der Waals surface area contributed by atoms with Crippen LogP contribution in [0.1, 0.15) is 41.3 Å². The van der Waals surface area contributed by atoms with Crippen LogP contribution in [-0.4, -0.2) is 53.5 Å². The van der Waals surface area contributed by atoms with E-state index in [4.69, 9.17) is 21.4 Å². The van der Waals surface area contributed by atoms with E-state index < -0.39 is 17.7 Å².